The molecule has 0 saturated heterocycles. The number of hydrogen-bond acceptors (Lipinski definition) is 2. The van der Waals surface area contributed by atoms with Crippen molar-refractivity contribution in [2.45, 2.75) is 13.8 Å². The van der Waals surface area contributed by atoms with Crippen LogP contribution in [0.3, 0.4) is 0 Å². The summed E-state index contributed by atoms with van der Waals surface area (Å²) in [6.07, 6.45) is 0. The molecule has 0 aliphatic carbocycles. The van der Waals surface area contributed by atoms with E-state index < -0.39 is 5.97 Å². The molecule has 0 aliphatic rings. The maximum Gasteiger partial charge on any atom is 0.336 e. The van der Waals surface area contributed by atoms with Crippen molar-refractivity contribution in [1.82, 2.24) is 0 Å². The Kier molecular flexibility index (Phi) is 4.29. The van der Waals surface area contributed by atoms with Crippen LogP contribution in [0.1, 0.15) is 31.8 Å². The second-order valence-corrected chi connectivity index (χ2v) is 5.13. The Morgan fingerprint density at radius 2 is 1.81 bits per heavy atom. The monoisotopic (exact) mass is 303 g/mol. The molecule has 0 fully saturated rings. The van der Waals surface area contributed by atoms with Crippen molar-refractivity contribution < 1.29 is 14.7 Å². The standard InChI is InChI=1S/C16H14ClNO3/c1-9-8-11(17)6-7-12(9)15(19)18-14-5-3-4-13(10(14)2)16(20)21/h3-8H,1-2H3,(H,18,19)(H,20,21). The highest BCUT2D eigenvalue weighted by Crippen LogP contribution is 2.21. The summed E-state index contributed by atoms with van der Waals surface area (Å²) in [5.74, 6) is -1.32. The second-order valence-electron chi connectivity index (χ2n) is 4.70. The Hall–Kier alpha value is -2.33. The van der Waals surface area contributed by atoms with Crippen LogP contribution in [0.25, 0.3) is 0 Å². The predicted molar refractivity (Wildman–Crippen MR) is 82.3 cm³/mol. The number of rotatable bonds is 3. The van der Waals surface area contributed by atoms with E-state index in [1.165, 1.54) is 6.07 Å². The molecule has 0 unspecified atom stereocenters. The van der Waals surface area contributed by atoms with Gasteiger partial charge in [-0.3, -0.25) is 4.79 Å². The van der Waals surface area contributed by atoms with Gasteiger partial charge in [-0.25, -0.2) is 4.79 Å². The summed E-state index contributed by atoms with van der Waals surface area (Å²) in [7, 11) is 0. The number of carbonyl (C=O) groups excluding carboxylic acids is 1. The molecule has 0 heterocycles. The molecule has 0 spiro atoms. The molecule has 0 saturated carbocycles. The molecule has 108 valence electrons. The molecule has 2 N–H and O–H groups in total. The Morgan fingerprint density at radius 3 is 2.43 bits per heavy atom. The first kappa shape index (κ1) is 15.1. The van der Waals surface area contributed by atoms with Crippen molar-refractivity contribution in [3.05, 3.63) is 63.7 Å². The number of aryl methyl sites for hydroxylation is 1. The van der Waals surface area contributed by atoms with Gasteiger partial charge in [-0.05, 0) is 55.3 Å². The van der Waals surface area contributed by atoms with E-state index in [-0.39, 0.29) is 11.5 Å². The molecule has 2 aromatic rings. The number of amides is 1. The molecule has 2 rings (SSSR count). The zero-order valence-corrected chi connectivity index (χ0v) is 12.4. The lowest BCUT2D eigenvalue weighted by Gasteiger charge is -2.11. The van der Waals surface area contributed by atoms with E-state index in [4.69, 9.17) is 16.7 Å². The van der Waals surface area contributed by atoms with Gasteiger partial charge in [0.1, 0.15) is 0 Å². The van der Waals surface area contributed by atoms with Gasteiger partial charge in [-0.2, -0.15) is 0 Å². The predicted octanol–water partition coefficient (Wildman–Crippen LogP) is 3.91. The summed E-state index contributed by atoms with van der Waals surface area (Å²) < 4.78 is 0. The van der Waals surface area contributed by atoms with E-state index >= 15 is 0 Å². The largest absolute Gasteiger partial charge is 0.478 e. The van der Waals surface area contributed by atoms with Gasteiger partial charge < -0.3 is 10.4 Å². The van der Waals surface area contributed by atoms with Crippen LogP contribution in [0.2, 0.25) is 5.02 Å². The van der Waals surface area contributed by atoms with Crippen LogP contribution in [-0.4, -0.2) is 17.0 Å². The van der Waals surface area contributed by atoms with Crippen LogP contribution < -0.4 is 5.32 Å². The molecular formula is C16H14ClNO3. The minimum absolute atomic E-state index is 0.167. The second kappa shape index (κ2) is 5.97. The van der Waals surface area contributed by atoms with Crippen molar-refractivity contribution >= 4 is 29.2 Å². The number of benzene rings is 2. The summed E-state index contributed by atoms with van der Waals surface area (Å²) in [5.41, 5.74) is 2.42. The van der Waals surface area contributed by atoms with Gasteiger partial charge in [-0.15, -0.1) is 0 Å². The van der Waals surface area contributed by atoms with Gasteiger partial charge in [0.25, 0.3) is 5.91 Å². The fraction of sp³-hybridized carbons (Fsp3) is 0.125. The highest BCUT2D eigenvalue weighted by atomic mass is 35.5. The van der Waals surface area contributed by atoms with Crippen LogP contribution in [0.4, 0.5) is 5.69 Å². The van der Waals surface area contributed by atoms with Gasteiger partial charge in [0.05, 0.1) is 5.56 Å². The average molecular weight is 304 g/mol. The topological polar surface area (TPSA) is 66.4 Å². The summed E-state index contributed by atoms with van der Waals surface area (Å²) in [6.45, 7) is 3.45. The third-order valence-electron chi connectivity index (χ3n) is 3.25. The number of hydrogen-bond donors (Lipinski definition) is 2. The summed E-state index contributed by atoms with van der Waals surface area (Å²) in [6, 6.07) is 9.76. The summed E-state index contributed by atoms with van der Waals surface area (Å²) in [5, 5.41) is 12.4. The minimum atomic E-state index is -1.02. The Morgan fingerprint density at radius 1 is 1.10 bits per heavy atom. The molecule has 2 aromatic carbocycles. The van der Waals surface area contributed by atoms with Gasteiger partial charge in [0, 0.05) is 16.3 Å². The van der Waals surface area contributed by atoms with Crippen LogP contribution in [0, 0.1) is 13.8 Å². The molecule has 0 atom stereocenters. The average Bonchev–Trinajstić information content (AvgIpc) is 2.40. The first-order chi connectivity index (χ1) is 9.90. The molecule has 0 radical (unpaired) electrons. The van der Waals surface area contributed by atoms with Crippen molar-refractivity contribution in [2.24, 2.45) is 0 Å². The quantitative estimate of drug-likeness (QED) is 0.903. The smallest absolute Gasteiger partial charge is 0.336 e. The molecule has 21 heavy (non-hydrogen) atoms. The Balaban J connectivity index is 2.32. The highest BCUT2D eigenvalue weighted by molar-refractivity contribution is 6.30. The van der Waals surface area contributed by atoms with E-state index in [2.05, 4.69) is 5.32 Å². The molecule has 5 heteroatoms. The van der Waals surface area contributed by atoms with Crippen LogP contribution >= 0.6 is 11.6 Å². The number of carboxylic acid groups (broad SMARTS) is 1. The van der Waals surface area contributed by atoms with Gasteiger partial charge >= 0.3 is 5.97 Å². The van der Waals surface area contributed by atoms with Gasteiger partial charge in [0.15, 0.2) is 0 Å². The van der Waals surface area contributed by atoms with E-state index in [0.717, 1.165) is 5.56 Å². The van der Waals surface area contributed by atoms with E-state index in [1.807, 2.05) is 0 Å². The third kappa shape index (κ3) is 3.23. The lowest BCUT2D eigenvalue weighted by atomic mass is 10.1. The first-order valence-corrected chi connectivity index (χ1v) is 6.68. The zero-order chi connectivity index (χ0) is 15.6. The maximum atomic E-state index is 12.3. The molecule has 1 amide bonds. The highest BCUT2D eigenvalue weighted by Gasteiger charge is 2.14. The lowest BCUT2D eigenvalue weighted by molar-refractivity contribution is 0.0695. The number of anilines is 1. The summed E-state index contributed by atoms with van der Waals surface area (Å²) >= 11 is 5.87. The van der Waals surface area contributed by atoms with Crippen LogP contribution in [0.5, 0.6) is 0 Å². The number of carbonyl (C=O) groups is 2. The van der Waals surface area contributed by atoms with Crippen molar-refractivity contribution in [3.63, 3.8) is 0 Å². The maximum absolute atomic E-state index is 12.3. The fourth-order valence-electron chi connectivity index (χ4n) is 2.07. The summed E-state index contributed by atoms with van der Waals surface area (Å²) in [4.78, 5) is 23.4. The fourth-order valence-corrected chi connectivity index (χ4v) is 2.30. The van der Waals surface area contributed by atoms with Crippen LogP contribution in [0.15, 0.2) is 36.4 Å². The Labute approximate surface area is 127 Å². The van der Waals surface area contributed by atoms with Crippen molar-refractivity contribution in [2.75, 3.05) is 5.32 Å². The minimum Gasteiger partial charge on any atom is -0.478 e. The normalized spacial score (nSPS) is 10.2. The Bertz CT molecular complexity index is 725. The number of carboxylic acids is 1. The van der Waals surface area contributed by atoms with Crippen molar-refractivity contribution in [3.8, 4) is 0 Å². The molecular weight excluding hydrogens is 290 g/mol. The van der Waals surface area contributed by atoms with E-state index in [0.29, 0.717) is 21.8 Å². The van der Waals surface area contributed by atoms with E-state index in [9.17, 15) is 9.59 Å². The van der Waals surface area contributed by atoms with E-state index in [1.54, 1.807) is 44.2 Å². The first-order valence-electron chi connectivity index (χ1n) is 6.30. The van der Waals surface area contributed by atoms with Crippen LogP contribution in [-0.2, 0) is 0 Å². The number of halogens is 1. The molecule has 0 aromatic heterocycles. The van der Waals surface area contributed by atoms with Gasteiger partial charge in [0.2, 0.25) is 0 Å². The lowest BCUT2D eigenvalue weighted by Crippen LogP contribution is -2.15. The number of aromatic carboxylic acids is 1. The third-order valence-corrected chi connectivity index (χ3v) is 3.48. The number of nitrogens with one attached hydrogen (secondary N) is 1. The molecule has 0 aliphatic heterocycles. The van der Waals surface area contributed by atoms with Gasteiger partial charge in [-0.1, -0.05) is 17.7 Å². The molecule has 0 bridgehead atoms. The SMILES string of the molecule is Cc1cc(Cl)ccc1C(=O)Nc1cccc(C(=O)O)c1C. The van der Waals surface area contributed by atoms with Crippen molar-refractivity contribution in [1.29, 1.82) is 0 Å². The zero-order valence-electron chi connectivity index (χ0n) is 11.6. The molecule has 4 nitrogen and oxygen atoms in total.